The molecule has 4 heterocycles. The lowest BCUT2D eigenvalue weighted by atomic mass is 10.1. The van der Waals surface area contributed by atoms with E-state index in [0.29, 0.717) is 52.6 Å². The maximum absolute atomic E-state index is 11.6. The van der Waals surface area contributed by atoms with Gasteiger partial charge in [0.15, 0.2) is 5.82 Å². The van der Waals surface area contributed by atoms with Gasteiger partial charge in [-0.15, -0.1) is 5.11 Å². The van der Waals surface area contributed by atoms with Gasteiger partial charge in [-0.25, -0.2) is 14.5 Å². The Hall–Kier alpha value is -7.81. The van der Waals surface area contributed by atoms with E-state index in [1.165, 1.54) is 24.6 Å². The molecular formula is C48H54N14O4S. The molecule has 18 nitrogen and oxygen atoms in total. The van der Waals surface area contributed by atoms with Crippen LogP contribution in [0.3, 0.4) is 0 Å². The number of hydrogen-bond donors (Lipinski definition) is 4. The first-order valence-electron chi connectivity index (χ1n) is 21.3. The number of nitrogens with one attached hydrogen (secondary N) is 2. The van der Waals surface area contributed by atoms with Crippen LogP contribution in [0.4, 0.5) is 45.8 Å². The molecule has 0 radical (unpaired) electrons. The summed E-state index contributed by atoms with van der Waals surface area (Å²) in [6.45, 7) is 32.3. The van der Waals surface area contributed by atoms with Crippen molar-refractivity contribution in [2.24, 2.45) is 10.2 Å². The van der Waals surface area contributed by atoms with E-state index in [2.05, 4.69) is 90.4 Å². The molecule has 0 bridgehead atoms. The number of azo groups is 1. The fourth-order valence-electron chi connectivity index (χ4n) is 7.10. The number of nitrogens with two attached hydrogens (primary N) is 1. The Morgan fingerprint density at radius 2 is 1.67 bits per heavy atom. The first kappa shape index (κ1) is 50.2. The van der Waals surface area contributed by atoms with Gasteiger partial charge >= 0.3 is 5.97 Å². The van der Waals surface area contributed by atoms with Crippen molar-refractivity contribution in [3.8, 4) is 12.1 Å². The number of nitrogens with zero attached hydrogens (tertiary/aromatic N) is 11. The molecule has 67 heavy (non-hydrogen) atoms. The number of rotatable bonds is 14. The quantitative estimate of drug-likeness (QED) is 0.0347. The van der Waals surface area contributed by atoms with E-state index in [1.807, 2.05) is 52.0 Å². The highest BCUT2D eigenvalue weighted by atomic mass is 32.2. The van der Waals surface area contributed by atoms with Crippen molar-refractivity contribution in [1.82, 2.24) is 19.2 Å². The molecule has 0 amide bonds. The van der Waals surface area contributed by atoms with E-state index in [9.17, 15) is 15.3 Å². The molecule has 1 aliphatic rings. The summed E-state index contributed by atoms with van der Waals surface area (Å²) in [7, 11) is 3.41. The zero-order chi connectivity index (χ0) is 48.9. The van der Waals surface area contributed by atoms with Crippen molar-refractivity contribution in [1.29, 1.82) is 10.5 Å². The number of H-pyrrole nitrogens is 1. The number of hydrogen-bond acceptors (Lipinski definition) is 14. The van der Waals surface area contributed by atoms with Crippen LogP contribution in [0.15, 0.2) is 74.7 Å². The predicted molar refractivity (Wildman–Crippen MR) is 261 cm³/mol. The maximum Gasteiger partial charge on any atom is 0.337 e. The number of aromatic nitrogens is 4. The highest BCUT2D eigenvalue weighted by Crippen LogP contribution is 2.47. The fraction of sp³-hybridized carbons (Fsp3) is 0.333. The number of esters is 1. The average Bonchev–Trinajstić information content (AvgIpc) is 4.07. The summed E-state index contributed by atoms with van der Waals surface area (Å²) in [5.41, 5.74) is 14.8. The molecular weight excluding hydrogens is 869 g/mol. The molecule has 1 aliphatic heterocycles. The number of aliphatic hydroxyl groups is 1. The number of carbonyl (C=O) groups is 1. The van der Waals surface area contributed by atoms with Crippen LogP contribution >= 0.6 is 11.8 Å². The lowest BCUT2D eigenvalue weighted by Crippen LogP contribution is -2.27. The molecule has 19 heteroatoms. The van der Waals surface area contributed by atoms with Gasteiger partial charge in [-0.3, -0.25) is 14.1 Å². The zero-order valence-electron chi connectivity index (χ0n) is 39.1. The highest BCUT2D eigenvalue weighted by molar-refractivity contribution is 7.99. The summed E-state index contributed by atoms with van der Waals surface area (Å²) in [5, 5.41) is 46.8. The molecule has 0 aliphatic carbocycles. The summed E-state index contributed by atoms with van der Waals surface area (Å²) in [6.07, 6.45) is -0.279. The number of aryl methyl sites for hydroxylation is 4. The largest absolute Gasteiger partial charge is 0.465 e. The summed E-state index contributed by atoms with van der Waals surface area (Å²) in [4.78, 5) is 24.0. The maximum atomic E-state index is 11.6. The second kappa shape index (κ2) is 22.9. The molecule has 0 spiro atoms. The summed E-state index contributed by atoms with van der Waals surface area (Å²) in [6, 6.07) is 21.6. The molecule has 0 saturated heterocycles. The van der Waals surface area contributed by atoms with Gasteiger partial charge in [0.05, 0.1) is 62.8 Å². The van der Waals surface area contributed by atoms with Crippen molar-refractivity contribution < 1.29 is 19.4 Å². The number of aromatic amines is 1. The lowest BCUT2D eigenvalue weighted by molar-refractivity contribution is 0.0600. The van der Waals surface area contributed by atoms with Crippen LogP contribution in [0.25, 0.3) is 15.3 Å². The number of benzene rings is 3. The molecule has 346 valence electrons. The van der Waals surface area contributed by atoms with Gasteiger partial charge in [-0.05, 0) is 120 Å². The Morgan fingerprint density at radius 3 is 2.27 bits per heavy atom. The smallest absolute Gasteiger partial charge is 0.337 e. The van der Waals surface area contributed by atoms with Gasteiger partial charge in [-0.1, -0.05) is 11.8 Å². The molecule has 5 N–H and O–H groups in total. The second-order valence-corrected chi connectivity index (χ2v) is 16.2. The zero-order valence-corrected chi connectivity index (χ0v) is 39.9. The monoisotopic (exact) mass is 922 g/mol. The third-order valence-corrected chi connectivity index (χ3v) is 12.2. The van der Waals surface area contributed by atoms with Gasteiger partial charge in [0, 0.05) is 54.3 Å². The minimum atomic E-state index is -0.399. The molecule has 3 aromatic heterocycles. The molecule has 6 aromatic rings. The first-order valence-corrected chi connectivity index (χ1v) is 22.1. The van der Waals surface area contributed by atoms with Crippen LogP contribution in [0.1, 0.15) is 70.9 Å². The van der Waals surface area contributed by atoms with E-state index in [0.717, 1.165) is 58.3 Å². The van der Waals surface area contributed by atoms with E-state index in [-0.39, 0.29) is 29.6 Å². The predicted octanol–water partition coefficient (Wildman–Crippen LogP) is 10.1. The van der Waals surface area contributed by atoms with Crippen LogP contribution in [0.2, 0.25) is 0 Å². The number of carbonyl (C=O) groups excluding carboxylic acids is 1. The number of nitrogen functional groups attached to an aromatic ring is 1. The van der Waals surface area contributed by atoms with Crippen molar-refractivity contribution >= 4 is 69.1 Å². The van der Waals surface area contributed by atoms with E-state index < -0.39 is 5.97 Å². The fourth-order valence-corrected chi connectivity index (χ4v) is 8.23. The molecule has 0 saturated carbocycles. The van der Waals surface area contributed by atoms with Crippen LogP contribution in [0.5, 0.6) is 0 Å². The molecule has 1 atom stereocenters. The number of fused-ring (bicyclic) bond motifs is 2. The third-order valence-electron chi connectivity index (χ3n) is 11.0. The normalized spacial score (nSPS) is 12.1. The van der Waals surface area contributed by atoms with Crippen molar-refractivity contribution in [3.63, 3.8) is 0 Å². The average molecular weight is 923 g/mol. The van der Waals surface area contributed by atoms with Gasteiger partial charge in [0.25, 0.3) is 0 Å². The summed E-state index contributed by atoms with van der Waals surface area (Å²) >= 11 is 1.36. The number of ether oxygens (including phenoxy) is 2. The number of likely N-dealkylation sites (N-methyl/N-ethyl adjacent to an activating group) is 1. The van der Waals surface area contributed by atoms with Gasteiger partial charge in [0.1, 0.15) is 34.6 Å². The second-order valence-electron chi connectivity index (χ2n) is 15.2. The number of anilines is 5. The molecule has 1 unspecified atom stereocenters. The van der Waals surface area contributed by atoms with Crippen LogP contribution in [-0.4, -0.2) is 83.9 Å². The lowest BCUT2D eigenvalue weighted by Gasteiger charge is -2.24. The van der Waals surface area contributed by atoms with Gasteiger partial charge < -0.3 is 35.4 Å². The minimum absolute atomic E-state index is 0.0221. The highest BCUT2D eigenvalue weighted by Gasteiger charge is 2.30. The van der Waals surface area contributed by atoms with E-state index in [4.69, 9.17) is 33.5 Å². The Kier molecular flexibility index (Phi) is 17.1. The Balaban J connectivity index is 0.000000204. The standard InChI is InChI=1S/C21H25N7O2.C17H13N5O2S.C10H16N2/c1-5-27(8-10-30-11-9-29)16-6-7-18(14(2)12-16)24-21-19(23-4)17(13-22)20-26-25-15(3)28(20)21;1-9-7-11(17(23)24-4)5-6-13(9)25-16-14(19-3)12(8-18)15-21-20-10(2)22(15)16;1-4-12(3)9-5-6-10(11)8(2)7-9/h6-7,12,15,24,29H,5,8-11H2,1-3H3;5-7,21H,1-2,4H3;5-7H,4,11H2,1-3H3. The SMILES string of the molecule is CCN(C)c1ccc(N)c(C)c1.[C-]#[N+]c1c(C#N)c2[nH]nc(C)n2c1Sc1ccc(C(=O)OC)cc1C.[C-]#[N+]c1c(C#N)c2n(c1Nc1ccc(N(CC)CCOCCO)cc1C)C(C)N=N2. The Morgan fingerprint density at radius 1 is 0.970 bits per heavy atom. The van der Waals surface area contributed by atoms with Crippen molar-refractivity contribution in [2.45, 2.75) is 64.6 Å². The molecule has 3 aromatic carbocycles. The van der Waals surface area contributed by atoms with Crippen LogP contribution < -0.4 is 20.9 Å². The van der Waals surface area contributed by atoms with Gasteiger partial charge in [-0.2, -0.15) is 20.7 Å². The Labute approximate surface area is 394 Å². The first-order chi connectivity index (χ1) is 32.2. The number of aliphatic hydroxyl groups excluding tert-OH is 1. The van der Waals surface area contributed by atoms with Crippen LogP contribution in [0, 0.1) is 63.5 Å². The molecule has 7 rings (SSSR count). The van der Waals surface area contributed by atoms with E-state index in [1.54, 1.807) is 34.1 Å². The van der Waals surface area contributed by atoms with E-state index >= 15 is 0 Å². The van der Waals surface area contributed by atoms with Crippen molar-refractivity contribution in [3.05, 3.63) is 117 Å². The van der Waals surface area contributed by atoms with Crippen molar-refractivity contribution in [2.75, 3.05) is 74.5 Å². The summed E-state index contributed by atoms with van der Waals surface area (Å²) < 4.78 is 13.7. The van der Waals surface area contributed by atoms with Gasteiger partial charge in [0.2, 0.25) is 11.4 Å². The topological polar surface area (TPSA) is 219 Å². The number of nitriles is 2. The molecule has 0 fully saturated rings. The van der Waals surface area contributed by atoms with Crippen LogP contribution in [-0.2, 0) is 9.47 Å². The summed E-state index contributed by atoms with van der Waals surface area (Å²) in [5.74, 6) is 1.22. The Bertz CT molecular complexity index is 2960. The number of methoxy groups -OCH3 is 1. The minimum Gasteiger partial charge on any atom is -0.465 e. The third kappa shape index (κ3) is 11.0.